The number of rotatable bonds is 5. The molecule has 0 saturated carbocycles. The minimum atomic E-state index is -0.531. The third-order valence-corrected chi connectivity index (χ3v) is 3.22. The first kappa shape index (κ1) is 15.6. The van der Waals surface area contributed by atoms with E-state index in [9.17, 15) is 9.59 Å². The molecule has 5 nitrogen and oxygen atoms in total. The SMILES string of the molecule is COc1ccc(C)cc1CC(=O)Nc1cccc(C(N)=O)c1. The third kappa shape index (κ3) is 3.85. The van der Waals surface area contributed by atoms with E-state index in [1.165, 1.54) is 0 Å². The molecule has 0 aliphatic rings. The van der Waals surface area contributed by atoms with Crippen molar-refractivity contribution in [3.05, 3.63) is 59.2 Å². The average Bonchev–Trinajstić information content (AvgIpc) is 2.47. The van der Waals surface area contributed by atoms with E-state index in [1.54, 1.807) is 31.4 Å². The number of nitrogens with one attached hydrogen (secondary N) is 1. The monoisotopic (exact) mass is 298 g/mol. The predicted octanol–water partition coefficient (Wildman–Crippen LogP) is 2.28. The van der Waals surface area contributed by atoms with Gasteiger partial charge in [-0.25, -0.2) is 0 Å². The van der Waals surface area contributed by atoms with Gasteiger partial charge in [0.25, 0.3) is 0 Å². The summed E-state index contributed by atoms with van der Waals surface area (Å²) >= 11 is 0. The van der Waals surface area contributed by atoms with Gasteiger partial charge in [-0.05, 0) is 31.2 Å². The molecule has 0 atom stereocenters. The minimum Gasteiger partial charge on any atom is -0.496 e. The van der Waals surface area contributed by atoms with Crippen molar-refractivity contribution in [3.63, 3.8) is 0 Å². The molecular weight excluding hydrogens is 280 g/mol. The number of carbonyl (C=O) groups is 2. The molecule has 2 aromatic rings. The van der Waals surface area contributed by atoms with Gasteiger partial charge in [0.05, 0.1) is 13.5 Å². The molecule has 0 spiro atoms. The van der Waals surface area contributed by atoms with Crippen molar-refractivity contribution >= 4 is 17.5 Å². The van der Waals surface area contributed by atoms with Crippen molar-refractivity contribution in [3.8, 4) is 5.75 Å². The number of nitrogens with two attached hydrogens (primary N) is 1. The van der Waals surface area contributed by atoms with Crippen LogP contribution in [0, 0.1) is 6.92 Å². The summed E-state index contributed by atoms with van der Waals surface area (Å²) in [6.07, 6.45) is 0.186. The zero-order valence-corrected chi connectivity index (χ0v) is 12.6. The van der Waals surface area contributed by atoms with E-state index in [-0.39, 0.29) is 12.3 Å². The van der Waals surface area contributed by atoms with Gasteiger partial charge in [-0.2, -0.15) is 0 Å². The molecule has 0 aliphatic heterocycles. The van der Waals surface area contributed by atoms with Gasteiger partial charge >= 0.3 is 0 Å². The number of methoxy groups -OCH3 is 1. The summed E-state index contributed by atoms with van der Waals surface area (Å²) < 4.78 is 5.26. The quantitative estimate of drug-likeness (QED) is 0.888. The number of anilines is 1. The van der Waals surface area contributed by atoms with Gasteiger partial charge in [-0.1, -0.05) is 23.8 Å². The van der Waals surface area contributed by atoms with E-state index in [2.05, 4.69) is 5.32 Å². The topological polar surface area (TPSA) is 81.4 Å². The highest BCUT2D eigenvalue weighted by Crippen LogP contribution is 2.21. The van der Waals surface area contributed by atoms with Crippen LogP contribution in [0.15, 0.2) is 42.5 Å². The lowest BCUT2D eigenvalue weighted by Crippen LogP contribution is -2.16. The van der Waals surface area contributed by atoms with Crippen molar-refractivity contribution in [1.29, 1.82) is 0 Å². The maximum absolute atomic E-state index is 12.2. The number of carbonyl (C=O) groups excluding carboxylic acids is 2. The lowest BCUT2D eigenvalue weighted by atomic mass is 10.1. The molecule has 0 fully saturated rings. The normalized spacial score (nSPS) is 10.1. The summed E-state index contributed by atoms with van der Waals surface area (Å²) in [4.78, 5) is 23.3. The Bertz CT molecular complexity index is 711. The van der Waals surface area contributed by atoms with E-state index in [1.807, 2.05) is 25.1 Å². The number of hydrogen-bond donors (Lipinski definition) is 2. The molecular formula is C17H18N2O3. The Morgan fingerprint density at radius 1 is 1.18 bits per heavy atom. The van der Waals surface area contributed by atoms with Gasteiger partial charge in [0, 0.05) is 16.8 Å². The van der Waals surface area contributed by atoms with Gasteiger partial charge in [-0.15, -0.1) is 0 Å². The van der Waals surface area contributed by atoms with Crippen LogP contribution in [0.4, 0.5) is 5.69 Å². The Morgan fingerprint density at radius 3 is 2.64 bits per heavy atom. The molecule has 0 saturated heterocycles. The van der Waals surface area contributed by atoms with Crippen LogP contribution in [0.1, 0.15) is 21.5 Å². The molecule has 5 heteroatoms. The van der Waals surface area contributed by atoms with Gasteiger partial charge in [-0.3, -0.25) is 9.59 Å². The molecule has 0 radical (unpaired) electrons. The molecule has 22 heavy (non-hydrogen) atoms. The maximum atomic E-state index is 12.2. The number of hydrogen-bond acceptors (Lipinski definition) is 3. The van der Waals surface area contributed by atoms with Crippen molar-refractivity contribution in [2.45, 2.75) is 13.3 Å². The van der Waals surface area contributed by atoms with E-state index in [0.717, 1.165) is 11.1 Å². The summed E-state index contributed by atoms with van der Waals surface area (Å²) in [5.74, 6) is -0.0476. The third-order valence-electron chi connectivity index (χ3n) is 3.22. The average molecular weight is 298 g/mol. The van der Waals surface area contributed by atoms with E-state index < -0.39 is 5.91 Å². The van der Waals surface area contributed by atoms with Crippen LogP contribution in [0.25, 0.3) is 0 Å². The molecule has 3 N–H and O–H groups in total. The number of amides is 2. The fourth-order valence-electron chi connectivity index (χ4n) is 2.17. The number of aryl methyl sites for hydroxylation is 1. The highest BCUT2D eigenvalue weighted by molar-refractivity contribution is 5.96. The van der Waals surface area contributed by atoms with Crippen LogP contribution in [-0.2, 0) is 11.2 Å². The number of ether oxygens (including phenoxy) is 1. The Morgan fingerprint density at radius 2 is 1.95 bits per heavy atom. The summed E-state index contributed by atoms with van der Waals surface area (Å²) in [6, 6.07) is 12.2. The van der Waals surface area contributed by atoms with E-state index in [4.69, 9.17) is 10.5 Å². The molecule has 2 rings (SSSR count). The van der Waals surface area contributed by atoms with Crippen LogP contribution in [0.5, 0.6) is 5.75 Å². The smallest absolute Gasteiger partial charge is 0.248 e. The first-order valence-corrected chi connectivity index (χ1v) is 6.83. The molecule has 0 aromatic heterocycles. The van der Waals surface area contributed by atoms with Crippen molar-refractivity contribution in [2.75, 3.05) is 12.4 Å². The van der Waals surface area contributed by atoms with E-state index >= 15 is 0 Å². The zero-order valence-electron chi connectivity index (χ0n) is 12.6. The van der Waals surface area contributed by atoms with Crippen molar-refractivity contribution in [1.82, 2.24) is 0 Å². The van der Waals surface area contributed by atoms with Gasteiger partial charge in [0.15, 0.2) is 0 Å². The first-order chi connectivity index (χ1) is 10.5. The Hall–Kier alpha value is -2.82. The second kappa shape index (κ2) is 6.76. The fourth-order valence-corrected chi connectivity index (χ4v) is 2.17. The lowest BCUT2D eigenvalue weighted by molar-refractivity contribution is -0.115. The van der Waals surface area contributed by atoms with Gasteiger partial charge in [0.1, 0.15) is 5.75 Å². The van der Waals surface area contributed by atoms with Gasteiger partial charge in [0.2, 0.25) is 11.8 Å². The Kier molecular flexibility index (Phi) is 4.78. The second-order valence-corrected chi connectivity index (χ2v) is 4.99. The second-order valence-electron chi connectivity index (χ2n) is 4.99. The molecule has 0 aliphatic carbocycles. The van der Waals surface area contributed by atoms with Crippen molar-refractivity contribution in [2.24, 2.45) is 5.73 Å². The Labute approximate surface area is 129 Å². The summed E-state index contributed by atoms with van der Waals surface area (Å²) in [5.41, 5.74) is 7.98. The first-order valence-electron chi connectivity index (χ1n) is 6.83. The number of benzene rings is 2. The molecule has 0 heterocycles. The van der Waals surface area contributed by atoms with Crippen LogP contribution >= 0.6 is 0 Å². The standard InChI is InChI=1S/C17H18N2O3/c1-11-6-7-15(22-2)13(8-11)10-16(20)19-14-5-3-4-12(9-14)17(18)21/h3-9H,10H2,1-2H3,(H2,18,21)(H,19,20). The molecule has 2 amide bonds. The zero-order chi connectivity index (χ0) is 16.1. The fraction of sp³-hybridized carbons (Fsp3) is 0.176. The van der Waals surface area contributed by atoms with E-state index in [0.29, 0.717) is 17.0 Å². The lowest BCUT2D eigenvalue weighted by Gasteiger charge is -2.10. The van der Waals surface area contributed by atoms with Gasteiger partial charge < -0.3 is 15.8 Å². The highest BCUT2D eigenvalue weighted by atomic mass is 16.5. The Balaban J connectivity index is 2.12. The summed E-state index contributed by atoms with van der Waals surface area (Å²) in [5, 5.41) is 2.75. The molecule has 0 unspecified atom stereocenters. The minimum absolute atomic E-state index is 0.186. The predicted molar refractivity (Wildman–Crippen MR) is 85.0 cm³/mol. The molecule has 114 valence electrons. The van der Waals surface area contributed by atoms with Crippen LogP contribution < -0.4 is 15.8 Å². The number of primary amides is 1. The highest BCUT2D eigenvalue weighted by Gasteiger charge is 2.10. The van der Waals surface area contributed by atoms with Crippen molar-refractivity contribution < 1.29 is 14.3 Å². The molecule has 0 bridgehead atoms. The van der Waals surface area contributed by atoms with Crippen LogP contribution in [0.3, 0.4) is 0 Å². The molecule has 2 aromatic carbocycles. The summed E-state index contributed by atoms with van der Waals surface area (Å²) in [6.45, 7) is 1.96. The van der Waals surface area contributed by atoms with Crippen LogP contribution in [0.2, 0.25) is 0 Å². The maximum Gasteiger partial charge on any atom is 0.248 e. The largest absolute Gasteiger partial charge is 0.496 e. The van der Waals surface area contributed by atoms with Crippen LogP contribution in [-0.4, -0.2) is 18.9 Å². The summed E-state index contributed by atoms with van der Waals surface area (Å²) in [7, 11) is 1.57.